The Labute approximate surface area is 159 Å². The topological polar surface area (TPSA) is 51.2 Å². The molecule has 1 saturated heterocycles. The van der Waals surface area contributed by atoms with Gasteiger partial charge in [0.1, 0.15) is 11.9 Å². The highest BCUT2D eigenvalue weighted by Gasteiger charge is 2.31. The van der Waals surface area contributed by atoms with Crippen LogP contribution >= 0.6 is 0 Å². The third-order valence-electron chi connectivity index (χ3n) is 5.47. The molecule has 1 unspecified atom stereocenters. The maximum absolute atomic E-state index is 14.6. The Morgan fingerprint density at radius 2 is 1.96 bits per heavy atom. The molecule has 1 aliphatic carbocycles. The maximum atomic E-state index is 14.6. The third-order valence-corrected chi connectivity index (χ3v) is 5.47. The smallest absolute Gasteiger partial charge is 0.214 e. The first-order valence-corrected chi connectivity index (χ1v) is 9.80. The number of ether oxygens (including phenoxy) is 1. The highest BCUT2D eigenvalue weighted by Crippen LogP contribution is 2.33. The molecular weight excluding hydrogens is 343 g/mol. The molecule has 4 nitrogen and oxygen atoms in total. The SMILES string of the molecule is CC(Oc1cccc(C2CCNCC2)n1)c1ccc(C(=O)C2CC2)cc1F. The van der Waals surface area contributed by atoms with Crippen LogP contribution < -0.4 is 10.1 Å². The molecule has 1 atom stereocenters. The fourth-order valence-corrected chi connectivity index (χ4v) is 3.68. The molecule has 1 aliphatic heterocycles. The van der Waals surface area contributed by atoms with E-state index in [4.69, 9.17) is 4.74 Å². The van der Waals surface area contributed by atoms with E-state index in [1.807, 2.05) is 18.2 Å². The van der Waals surface area contributed by atoms with Crippen molar-refractivity contribution in [1.82, 2.24) is 10.3 Å². The van der Waals surface area contributed by atoms with Crippen LogP contribution in [-0.4, -0.2) is 23.9 Å². The van der Waals surface area contributed by atoms with Crippen molar-refractivity contribution in [2.75, 3.05) is 13.1 Å². The molecule has 1 aromatic carbocycles. The van der Waals surface area contributed by atoms with Gasteiger partial charge < -0.3 is 10.1 Å². The van der Waals surface area contributed by atoms with Gasteiger partial charge in [-0.15, -0.1) is 0 Å². The summed E-state index contributed by atoms with van der Waals surface area (Å²) in [7, 11) is 0. The van der Waals surface area contributed by atoms with Gasteiger partial charge in [-0.1, -0.05) is 18.2 Å². The van der Waals surface area contributed by atoms with Crippen molar-refractivity contribution in [2.24, 2.45) is 5.92 Å². The minimum absolute atomic E-state index is 0.0466. The van der Waals surface area contributed by atoms with Gasteiger partial charge in [0.25, 0.3) is 0 Å². The molecule has 0 amide bonds. The second-order valence-corrected chi connectivity index (χ2v) is 7.56. The number of hydrogen-bond acceptors (Lipinski definition) is 4. The number of Topliss-reactive ketones (excluding diaryl/α,β-unsaturated/α-hetero) is 1. The van der Waals surface area contributed by atoms with Crippen molar-refractivity contribution in [3.05, 3.63) is 59.0 Å². The van der Waals surface area contributed by atoms with Crippen LogP contribution in [0.25, 0.3) is 0 Å². The number of nitrogens with zero attached hydrogens (tertiary/aromatic N) is 1. The molecule has 2 aromatic rings. The van der Waals surface area contributed by atoms with Gasteiger partial charge in [0, 0.05) is 34.7 Å². The molecule has 0 bridgehead atoms. The first-order chi connectivity index (χ1) is 13.1. The van der Waals surface area contributed by atoms with E-state index >= 15 is 0 Å². The number of benzene rings is 1. The van der Waals surface area contributed by atoms with Gasteiger partial charge in [-0.3, -0.25) is 4.79 Å². The number of pyridine rings is 1. The quantitative estimate of drug-likeness (QED) is 0.767. The van der Waals surface area contributed by atoms with Crippen LogP contribution in [-0.2, 0) is 0 Å². The summed E-state index contributed by atoms with van der Waals surface area (Å²) in [6.45, 7) is 3.82. The second kappa shape index (κ2) is 7.77. The van der Waals surface area contributed by atoms with Crippen molar-refractivity contribution >= 4 is 5.78 Å². The van der Waals surface area contributed by atoms with E-state index < -0.39 is 11.9 Å². The van der Waals surface area contributed by atoms with Crippen molar-refractivity contribution in [3.63, 3.8) is 0 Å². The maximum Gasteiger partial charge on any atom is 0.214 e. The average molecular weight is 368 g/mol. The van der Waals surface area contributed by atoms with E-state index in [1.165, 1.54) is 6.07 Å². The third kappa shape index (κ3) is 4.19. The normalized spacial score (nSPS) is 18.9. The summed E-state index contributed by atoms with van der Waals surface area (Å²) in [5.41, 5.74) is 1.93. The molecule has 1 aromatic heterocycles. The number of rotatable bonds is 6. The van der Waals surface area contributed by atoms with Crippen LogP contribution in [0.1, 0.15) is 66.2 Å². The van der Waals surface area contributed by atoms with Crippen molar-refractivity contribution in [3.8, 4) is 5.88 Å². The minimum Gasteiger partial charge on any atom is -0.470 e. The number of halogens is 1. The van der Waals surface area contributed by atoms with Crippen LogP contribution in [0.15, 0.2) is 36.4 Å². The highest BCUT2D eigenvalue weighted by molar-refractivity contribution is 5.99. The number of ketones is 1. The standard InChI is InChI=1S/C22H25FN2O2/c1-14(18-8-7-17(13-19(18)23)22(26)16-5-6-16)27-21-4-2-3-20(25-21)15-9-11-24-12-10-15/h2-4,7-8,13-16,24H,5-6,9-12H2,1H3. The predicted octanol–water partition coefficient (Wildman–Crippen LogP) is 4.42. The average Bonchev–Trinajstić information content (AvgIpc) is 3.53. The number of carbonyl (C=O) groups is 1. The van der Waals surface area contributed by atoms with E-state index in [2.05, 4.69) is 10.3 Å². The molecule has 142 valence electrons. The number of piperidine rings is 1. The lowest BCUT2D eigenvalue weighted by Gasteiger charge is -2.23. The Bertz CT molecular complexity index is 829. The number of aromatic nitrogens is 1. The molecule has 2 aliphatic rings. The van der Waals surface area contributed by atoms with E-state index in [0.717, 1.165) is 44.5 Å². The van der Waals surface area contributed by atoms with E-state index in [-0.39, 0.29) is 11.7 Å². The molecule has 27 heavy (non-hydrogen) atoms. The molecule has 1 N–H and O–H groups in total. The van der Waals surface area contributed by atoms with E-state index in [9.17, 15) is 9.18 Å². The van der Waals surface area contributed by atoms with Crippen LogP contribution in [0.5, 0.6) is 5.88 Å². The molecule has 2 heterocycles. The molecule has 5 heteroatoms. The first-order valence-electron chi connectivity index (χ1n) is 9.80. The van der Waals surface area contributed by atoms with Crippen LogP contribution in [0.4, 0.5) is 4.39 Å². The van der Waals surface area contributed by atoms with Gasteiger partial charge in [-0.05, 0) is 57.8 Å². The summed E-state index contributed by atoms with van der Waals surface area (Å²) in [6.07, 6.45) is 3.49. The zero-order valence-corrected chi connectivity index (χ0v) is 15.6. The van der Waals surface area contributed by atoms with E-state index in [0.29, 0.717) is 22.9 Å². The van der Waals surface area contributed by atoms with E-state index in [1.54, 1.807) is 19.1 Å². The van der Waals surface area contributed by atoms with Crippen molar-refractivity contribution in [2.45, 2.75) is 44.6 Å². The predicted molar refractivity (Wildman–Crippen MR) is 102 cm³/mol. The minimum atomic E-state index is -0.481. The Morgan fingerprint density at radius 1 is 1.19 bits per heavy atom. The zero-order chi connectivity index (χ0) is 18.8. The lowest BCUT2D eigenvalue weighted by atomic mass is 9.94. The summed E-state index contributed by atoms with van der Waals surface area (Å²) in [6, 6.07) is 10.5. The number of nitrogens with one attached hydrogen (secondary N) is 1. The first kappa shape index (κ1) is 18.1. The zero-order valence-electron chi connectivity index (χ0n) is 15.6. The Kier molecular flexibility index (Phi) is 5.21. The summed E-state index contributed by atoms with van der Waals surface area (Å²) in [5.74, 6) is 0.686. The van der Waals surface area contributed by atoms with Gasteiger partial charge in [0.05, 0.1) is 0 Å². The van der Waals surface area contributed by atoms with Crippen LogP contribution in [0, 0.1) is 11.7 Å². The molecule has 0 radical (unpaired) electrons. The van der Waals surface area contributed by atoms with Crippen LogP contribution in [0.2, 0.25) is 0 Å². The van der Waals surface area contributed by atoms with Crippen LogP contribution in [0.3, 0.4) is 0 Å². The van der Waals surface area contributed by atoms with Gasteiger partial charge in [-0.2, -0.15) is 0 Å². The Balaban J connectivity index is 1.47. The number of carbonyl (C=O) groups excluding carboxylic acids is 1. The molecule has 4 rings (SSSR count). The Hall–Kier alpha value is -2.27. The second-order valence-electron chi connectivity index (χ2n) is 7.56. The summed E-state index contributed by atoms with van der Waals surface area (Å²) < 4.78 is 20.5. The van der Waals surface area contributed by atoms with Crippen molar-refractivity contribution < 1.29 is 13.9 Å². The lowest BCUT2D eigenvalue weighted by molar-refractivity contribution is 0.0967. The molecule has 0 spiro atoms. The highest BCUT2D eigenvalue weighted by atomic mass is 19.1. The molecule has 2 fully saturated rings. The number of hydrogen-bond donors (Lipinski definition) is 1. The molecule has 1 saturated carbocycles. The van der Waals surface area contributed by atoms with Crippen molar-refractivity contribution in [1.29, 1.82) is 0 Å². The van der Waals surface area contributed by atoms with Gasteiger partial charge in [0.15, 0.2) is 5.78 Å². The fourth-order valence-electron chi connectivity index (χ4n) is 3.68. The monoisotopic (exact) mass is 368 g/mol. The largest absolute Gasteiger partial charge is 0.470 e. The summed E-state index contributed by atoms with van der Waals surface area (Å²) >= 11 is 0. The summed E-state index contributed by atoms with van der Waals surface area (Å²) in [5, 5.41) is 3.36. The van der Waals surface area contributed by atoms with Gasteiger partial charge >= 0.3 is 0 Å². The summed E-state index contributed by atoms with van der Waals surface area (Å²) in [4.78, 5) is 16.7. The fraction of sp³-hybridized carbons (Fsp3) is 0.455. The van der Waals surface area contributed by atoms with Gasteiger partial charge in [0.2, 0.25) is 5.88 Å². The molecular formula is C22H25FN2O2. The lowest BCUT2D eigenvalue weighted by Crippen LogP contribution is -2.27. The van der Waals surface area contributed by atoms with Gasteiger partial charge in [-0.25, -0.2) is 9.37 Å². The Morgan fingerprint density at radius 3 is 2.67 bits per heavy atom.